The number of hydrogen-bond donors (Lipinski definition) is 0. The molecular formula is C13H24N2O. The predicted molar refractivity (Wildman–Crippen MR) is 66.7 cm³/mol. The van der Waals surface area contributed by atoms with E-state index in [1.54, 1.807) is 7.11 Å². The minimum atomic E-state index is 0.528. The first-order chi connectivity index (χ1) is 7.90. The summed E-state index contributed by atoms with van der Waals surface area (Å²) >= 11 is 0. The Morgan fingerprint density at radius 1 is 1.19 bits per heavy atom. The molecule has 1 aliphatic carbocycles. The van der Waals surface area contributed by atoms with Crippen molar-refractivity contribution < 1.29 is 4.74 Å². The Kier molecular flexibility index (Phi) is 4.64. The second kappa shape index (κ2) is 6.24. The van der Waals surface area contributed by atoms with E-state index in [1.165, 1.54) is 57.1 Å². The van der Waals surface area contributed by atoms with Crippen LogP contribution in [0.15, 0.2) is 5.10 Å². The number of hydrogen-bond acceptors (Lipinski definition) is 3. The molecule has 1 saturated carbocycles. The summed E-state index contributed by atoms with van der Waals surface area (Å²) in [4.78, 5) is 0. The molecule has 2 fully saturated rings. The van der Waals surface area contributed by atoms with Gasteiger partial charge >= 0.3 is 0 Å². The van der Waals surface area contributed by atoms with E-state index >= 15 is 0 Å². The van der Waals surface area contributed by atoms with Crippen LogP contribution in [0.3, 0.4) is 0 Å². The summed E-state index contributed by atoms with van der Waals surface area (Å²) in [6, 6.07) is 0.528. The maximum atomic E-state index is 5.26. The lowest BCUT2D eigenvalue weighted by Crippen LogP contribution is -2.29. The van der Waals surface area contributed by atoms with E-state index in [0.717, 1.165) is 13.2 Å². The number of nitrogens with zero attached hydrogens (tertiary/aromatic N) is 2. The zero-order valence-electron chi connectivity index (χ0n) is 10.5. The van der Waals surface area contributed by atoms with Crippen LogP contribution in [0, 0.1) is 0 Å². The van der Waals surface area contributed by atoms with E-state index in [1.807, 2.05) is 0 Å². The molecule has 3 heteroatoms. The molecular weight excluding hydrogens is 200 g/mol. The van der Waals surface area contributed by atoms with Gasteiger partial charge in [-0.05, 0) is 38.5 Å². The molecule has 2 rings (SSSR count). The van der Waals surface area contributed by atoms with E-state index < -0.39 is 0 Å². The molecule has 0 N–H and O–H groups in total. The Labute approximate surface area is 98.8 Å². The highest BCUT2D eigenvalue weighted by molar-refractivity contribution is 5.84. The molecule has 0 aromatic carbocycles. The highest BCUT2D eigenvalue weighted by atomic mass is 16.5. The fourth-order valence-corrected chi connectivity index (χ4v) is 2.73. The van der Waals surface area contributed by atoms with E-state index in [9.17, 15) is 0 Å². The summed E-state index contributed by atoms with van der Waals surface area (Å²) in [5.74, 6) is 0. The second-order valence-corrected chi connectivity index (χ2v) is 4.99. The minimum Gasteiger partial charge on any atom is -0.382 e. The highest BCUT2D eigenvalue weighted by Gasteiger charge is 2.23. The Bertz CT molecular complexity index is 230. The molecule has 0 radical (unpaired) electrons. The molecule has 0 spiro atoms. The third-order valence-electron chi connectivity index (χ3n) is 3.66. The first-order valence-electron chi connectivity index (χ1n) is 6.72. The van der Waals surface area contributed by atoms with Gasteiger partial charge in [-0.1, -0.05) is 12.8 Å². The van der Waals surface area contributed by atoms with Crippen LogP contribution in [0.1, 0.15) is 51.4 Å². The molecule has 0 unspecified atom stereocenters. The van der Waals surface area contributed by atoms with E-state index in [4.69, 9.17) is 9.84 Å². The zero-order valence-corrected chi connectivity index (χ0v) is 10.5. The van der Waals surface area contributed by atoms with Gasteiger partial charge in [0.2, 0.25) is 0 Å². The monoisotopic (exact) mass is 224 g/mol. The summed E-state index contributed by atoms with van der Waals surface area (Å²) in [7, 11) is 1.79. The average molecular weight is 224 g/mol. The highest BCUT2D eigenvalue weighted by Crippen LogP contribution is 2.21. The van der Waals surface area contributed by atoms with Crippen molar-refractivity contribution in [1.29, 1.82) is 0 Å². The Morgan fingerprint density at radius 3 is 2.62 bits per heavy atom. The number of methoxy groups -OCH3 is 1. The molecule has 2 aliphatic rings. The number of rotatable bonds is 3. The van der Waals surface area contributed by atoms with Crippen LogP contribution in [0.4, 0.5) is 0 Å². The van der Waals surface area contributed by atoms with Gasteiger partial charge in [0.05, 0.1) is 12.6 Å². The van der Waals surface area contributed by atoms with Crippen molar-refractivity contribution in [2.24, 2.45) is 5.10 Å². The molecule has 92 valence electrons. The van der Waals surface area contributed by atoms with Gasteiger partial charge in [0.1, 0.15) is 0 Å². The van der Waals surface area contributed by atoms with Gasteiger partial charge in [-0.2, -0.15) is 5.10 Å². The van der Waals surface area contributed by atoms with Crippen molar-refractivity contribution in [3.8, 4) is 0 Å². The molecule has 0 amide bonds. The van der Waals surface area contributed by atoms with E-state index in [-0.39, 0.29) is 0 Å². The van der Waals surface area contributed by atoms with Gasteiger partial charge in [-0.3, -0.25) is 5.01 Å². The van der Waals surface area contributed by atoms with Crippen LogP contribution in [-0.2, 0) is 4.74 Å². The molecule has 1 atom stereocenters. The average Bonchev–Trinajstić information content (AvgIpc) is 2.56. The molecule has 0 aromatic heterocycles. The minimum absolute atomic E-state index is 0.528. The maximum Gasteiger partial charge on any atom is 0.0704 e. The Balaban J connectivity index is 1.92. The molecule has 0 aromatic rings. The van der Waals surface area contributed by atoms with Gasteiger partial charge < -0.3 is 4.74 Å². The topological polar surface area (TPSA) is 24.8 Å². The Hall–Kier alpha value is -0.570. The first-order valence-corrected chi connectivity index (χ1v) is 6.72. The molecule has 1 aliphatic heterocycles. The van der Waals surface area contributed by atoms with Crippen LogP contribution in [0.5, 0.6) is 0 Å². The summed E-state index contributed by atoms with van der Waals surface area (Å²) in [5, 5.41) is 7.15. The van der Waals surface area contributed by atoms with Crippen LogP contribution >= 0.6 is 0 Å². The van der Waals surface area contributed by atoms with Crippen LogP contribution in [-0.4, -0.2) is 37.0 Å². The van der Waals surface area contributed by atoms with Crippen molar-refractivity contribution in [3.63, 3.8) is 0 Å². The normalized spacial score (nSPS) is 26.9. The van der Waals surface area contributed by atoms with Crippen molar-refractivity contribution >= 4 is 5.71 Å². The van der Waals surface area contributed by atoms with Crippen molar-refractivity contribution in [3.05, 3.63) is 0 Å². The summed E-state index contributed by atoms with van der Waals surface area (Å²) in [6.45, 7) is 1.95. The van der Waals surface area contributed by atoms with Gasteiger partial charge in [-0.25, -0.2) is 0 Å². The van der Waals surface area contributed by atoms with Gasteiger partial charge in [-0.15, -0.1) is 0 Å². The molecule has 16 heavy (non-hydrogen) atoms. The standard InChI is InChI=1S/C13H24N2O/c1-16-11-13-9-6-10-15(13)14-12-7-4-2-3-5-8-12/h13H,2-11H2,1H3/t13-/m0/s1. The van der Waals surface area contributed by atoms with Crippen molar-refractivity contribution in [2.75, 3.05) is 20.3 Å². The Morgan fingerprint density at radius 2 is 1.94 bits per heavy atom. The van der Waals surface area contributed by atoms with E-state index in [2.05, 4.69) is 5.01 Å². The fourth-order valence-electron chi connectivity index (χ4n) is 2.73. The van der Waals surface area contributed by atoms with Gasteiger partial charge in [0.15, 0.2) is 0 Å². The summed E-state index contributed by atoms with van der Waals surface area (Å²) < 4.78 is 5.26. The molecule has 0 bridgehead atoms. The SMILES string of the molecule is COC[C@@H]1CCCN1N=C1CCCCCC1. The number of ether oxygens (including phenoxy) is 1. The molecule has 3 nitrogen and oxygen atoms in total. The number of hydrazone groups is 1. The van der Waals surface area contributed by atoms with Crippen LogP contribution < -0.4 is 0 Å². The first kappa shape index (κ1) is 11.9. The van der Waals surface area contributed by atoms with Gasteiger partial charge in [0, 0.05) is 19.4 Å². The van der Waals surface area contributed by atoms with Crippen LogP contribution in [0.2, 0.25) is 0 Å². The third kappa shape index (κ3) is 3.21. The van der Waals surface area contributed by atoms with Crippen LogP contribution in [0.25, 0.3) is 0 Å². The second-order valence-electron chi connectivity index (χ2n) is 4.99. The quantitative estimate of drug-likeness (QED) is 0.689. The smallest absolute Gasteiger partial charge is 0.0704 e. The lowest BCUT2D eigenvalue weighted by atomic mass is 10.2. The molecule has 1 saturated heterocycles. The summed E-state index contributed by atoms with van der Waals surface area (Å²) in [5.41, 5.74) is 1.43. The van der Waals surface area contributed by atoms with E-state index in [0.29, 0.717) is 6.04 Å². The lowest BCUT2D eigenvalue weighted by molar-refractivity contribution is 0.117. The zero-order chi connectivity index (χ0) is 11.2. The lowest BCUT2D eigenvalue weighted by Gasteiger charge is -2.22. The van der Waals surface area contributed by atoms with Crippen molar-refractivity contribution in [2.45, 2.75) is 57.4 Å². The largest absolute Gasteiger partial charge is 0.382 e. The third-order valence-corrected chi connectivity index (χ3v) is 3.66. The maximum absolute atomic E-state index is 5.26. The predicted octanol–water partition coefficient (Wildman–Crippen LogP) is 2.81. The van der Waals surface area contributed by atoms with Gasteiger partial charge in [0.25, 0.3) is 0 Å². The molecule has 1 heterocycles. The summed E-state index contributed by atoms with van der Waals surface area (Å²) in [6.07, 6.45) is 10.4. The fraction of sp³-hybridized carbons (Fsp3) is 0.923. The van der Waals surface area contributed by atoms with Crippen molar-refractivity contribution in [1.82, 2.24) is 5.01 Å².